The molecule has 0 aliphatic carbocycles. The standard InChI is InChI=1S/C10H11FN2O6S/c1-2-12(6-10(14)15)20(18,19)9-4-3-7(11)5-8(9)13(16)17/h3-5H,2,6H2,1H3,(H,14,15). The second kappa shape index (κ2) is 5.92. The van der Waals surface area contributed by atoms with E-state index in [0.717, 1.165) is 12.1 Å². The summed E-state index contributed by atoms with van der Waals surface area (Å²) in [5.74, 6) is -2.36. The van der Waals surface area contributed by atoms with Crippen molar-refractivity contribution in [3.05, 3.63) is 34.1 Å². The Labute approximate surface area is 113 Å². The summed E-state index contributed by atoms with van der Waals surface area (Å²) in [5, 5.41) is 19.4. The molecule has 8 nitrogen and oxygen atoms in total. The first kappa shape index (κ1) is 16.0. The van der Waals surface area contributed by atoms with Crippen LogP contribution in [0.25, 0.3) is 0 Å². The van der Waals surface area contributed by atoms with Crippen molar-refractivity contribution in [1.29, 1.82) is 0 Å². The molecule has 0 aliphatic heterocycles. The Morgan fingerprint density at radius 3 is 2.55 bits per heavy atom. The van der Waals surface area contributed by atoms with Crippen molar-refractivity contribution in [3.8, 4) is 0 Å². The predicted molar refractivity (Wildman–Crippen MR) is 65.1 cm³/mol. The zero-order valence-electron chi connectivity index (χ0n) is 10.3. The lowest BCUT2D eigenvalue weighted by Crippen LogP contribution is -2.35. The molecule has 0 saturated carbocycles. The van der Waals surface area contributed by atoms with Crippen LogP contribution in [-0.2, 0) is 14.8 Å². The number of sulfonamides is 1. The molecule has 0 aliphatic rings. The Morgan fingerprint density at radius 2 is 2.10 bits per heavy atom. The average Bonchev–Trinajstić information content (AvgIpc) is 2.34. The molecule has 0 aromatic heterocycles. The van der Waals surface area contributed by atoms with Crippen LogP contribution in [0, 0.1) is 15.9 Å². The van der Waals surface area contributed by atoms with Crippen LogP contribution in [0.5, 0.6) is 0 Å². The minimum Gasteiger partial charge on any atom is -0.480 e. The summed E-state index contributed by atoms with van der Waals surface area (Å²) in [5.41, 5.74) is -0.936. The van der Waals surface area contributed by atoms with Gasteiger partial charge in [0.2, 0.25) is 10.0 Å². The van der Waals surface area contributed by atoms with Gasteiger partial charge in [-0.2, -0.15) is 4.31 Å². The molecule has 20 heavy (non-hydrogen) atoms. The first-order valence-corrected chi connectivity index (χ1v) is 6.80. The largest absolute Gasteiger partial charge is 0.480 e. The van der Waals surface area contributed by atoms with Crippen molar-refractivity contribution in [2.45, 2.75) is 11.8 Å². The van der Waals surface area contributed by atoms with Crippen LogP contribution in [0.15, 0.2) is 23.1 Å². The van der Waals surface area contributed by atoms with Crippen LogP contribution in [0.1, 0.15) is 6.92 Å². The Morgan fingerprint density at radius 1 is 1.50 bits per heavy atom. The van der Waals surface area contributed by atoms with Gasteiger partial charge in [-0.25, -0.2) is 12.8 Å². The lowest BCUT2D eigenvalue weighted by Gasteiger charge is -2.18. The number of likely N-dealkylation sites (N-methyl/N-ethyl adjacent to an activating group) is 1. The van der Waals surface area contributed by atoms with Crippen LogP contribution >= 0.6 is 0 Å². The monoisotopic (exact) mass is 306 g/mol. The SMILES string of the molecule is CCN(CC(=O)O)S(=O)(=O)c1ccc(F)cc1[N+](=O)[O-]. The fourth-order valence-electron chi connectivity index (χ4n) is 1.51. The number of carbonyl (C=O) groups is 1. The Kier molecular flexibility index (Phi) is 4.73. The van der Waals surface area contributed by atoms with E-state index < -0.39 is 43.9 Å². The number of aliphatic carboxylic acids is 1. The van der Waals surface area contributed by atoms with Gasteiger partial charge in [0.05, 0.1) is 11.0 Å². The molecule has 0 bridgehead atoms. The van der Waals surface area contributed by atoms with Crippen molar-refractivity contribution >= 4 is 21.7 Å². The van der Waals surface area contributed by atoms with Crippen LogP contribution in [0.3, 0.4) is 0 Å². The second-order valence-electron chi connectivity index (χ2n) is 3.69. The molecule has 0 heterocycles. The minimum absolute atomic E-state index is 0.191. The van der Waals surface area contributed by atoms with Crippen molar-refractivity contribution in [2.24, 2.45) is 0 Å². The van der Waals surface area contributed by atoms with Gasteiger partial charge >= 0.3 is 5.97 Å². The van der Waals surface area contributed by atoms with E-state index in [1.807, 2.05) is 0 Å². The zero-order valence-corrected chi connectivity index (χ0v) is 11.1. The van der Waals surface area contributed by atoms with E-state index in [0.29, 0.717) is 10.4 Å². The third kappa shape index (κ3) is 3.27. The van der Waals surface area contributed by atoms with E-state index in [9.17, 15) is 27.7 Å². The van der Waals surface area contributed by atoms with Gasteiger partial charge in [0.15, 0.2) is 4.90 Å². The normalized spacial score (nSPS) is 11.6. The fourth-order valence-corrected chi connectivity index (χ4v) is 3.04. The first-order valence-electron chi connectivity index (χ1n) is 5.36. The van der Waals surface area contributed by atoms with E-state index >= 15 is 0 Å². The lowest BCUT2D eigenvalue weighted by atomic mass is 10.3. The van der Waals surface area contributed by atoms with Gasteiger partial charge in [-0.15, -0.1) is 0 Å². The van der Waals surface area contributed by atoms with Gasteiger partial charge in [0, 0.05) is 6.54 Å². The van der Waals surface area contributed by atoms with E-state index in [2.05, 4.69) is 0 Å². The second-order valence-corrected chi connectivity index (χ2v) is 5.60. The molecule has 0 spiro atoms. The van der Waals surface area contributed by atoms with Crippen molar-refractivity contribution in [3.63, 3.8) is 0 Å². The van der Waals surface area contributed by atoms with E-state index in [1.54, 1.807) is 0 Å². The highest BCUT2D eigenvalue weighted by atomic mass is 32.2. The van der Waals surface area contributed by atoms with Gasteiger partial charge in [-0.05, 0) is 12.1 Å². The number of carboxylic acid groups (broad SMARTS) is 1. The van der Waals surface area contributed by atoms with Crippen LogP contribution in [0.4, 0.5) is 10.1 Å². The maximum Gasteiger partial charge on any atom is 0.318 e. The Bertz CT molecular complexity index is 645. The topological polar surface area (TPSA) is 118 Å². The Balaban J connectivity index is 3.41. The molecule has 0 unspecified atom stereocenters. The number of nitro benzene ring substituents is 1. The minimum atomic E-state index is -4.39. The number of hydrogen-bond donors (Lipinski definition) is 1. The summed E-state index contributed by atoms with van der Waals surface area (Å²) >= 11 is 0. The molecule has 10 heteroatoms. The lowest BCUT2D eigenvalue weighted by molar-refractivity contribution is -0.388. The molecule has 1 aromatic rings. The molecule has 0 atom stereocenters. The summed E-state index contributed by atoms with van der Waals surface area (Å²) in [6.07, 6.45) is 0. The quantitative estimate of drug-likeness (QED) is 0.614. The highest BCUT2D eigenvalue weighted by Crippen LogP contribution is 2.27. The molecule has 1 N–H and O–H groups in total. The fraction of sp³-hybridized carbons (Fsp3) is 0.300. The number of carboxylic acids is 1. The molecule has 110 valence electrons. The average molecular weight is 306 g/mol. The van der Waals surface area contributed by atoms with Crippen molar-refractivity contribution in [1.82, 2.24) is 4.31 Å². The summed E-state index contributed by atoms with van der Waals surface area (Å²) in [6, 6.07) is 1.98. The van der Waals surface area contributed by atoms with Crippen LogP contribution in [0.2, 0.25) is 0 Å². The van der Waals surface area contributed by atoms with Crippen LogP contribution in [-0.4, -0.2) is 41.8 Å². The number of nitrogens with zero attached hydrogens (tertiary/aromatic N) is 2. The number of rotatable bonds is 6. The highest BCUT2D eigenvalue weighted by molar-refractivity contribution is 7.89. The molecular weight excluding hydrogens is 295 g/mol. The van der Waals surface area contributed by atoms with Gasteiger partial charge in [-0.1, -0.05) is 6.92 Å². The summed E-state index contributed by atoms with van der Waals surface area (Å²) < 4.78 is 37.9. The molecule has 1 rings (SSSR count). The van der Waals surface area contributed by atoms with E-state index in [-0.39, 0.29) is 6.54 Å². The maximum absolute atomic E-state index is 13.0. The van der Waals surface area contributed by atoms with Crippen molar-refractivity contribution < 1.29 is 27.6 Å². The highest BCUT2D eigenvalue weighted by Gasteiger charge is 2.32. The molecular formula is C10H11FN2O6S. The van der Waals surface area contributed by atoms with Crippen molar-refractivity contribution in [2.75, 3.05) is 13.1 Å². The summed E-state index contributed by atoms with van der Waals surface area (Å²) in [6.45, 7) is 0.354. The van der Waals surface area contributed by atoms with Crippen LogP contribution < -0.4 is 0 Å². The molecule has 0 saturated heterocycles. The number of hydrogen-bond acceptors (Lipinski definition) is 5. The van der Waals surface area contributed by atoms with Gasteiger partial charge in [0.25, 0.3) is 5.69 Å². The zero-order chi connectivity index (χ0) is 15.5. The summed E-state index contributed by atoms with van der Waals surface area (Å²) in [4.78, 5) is 19.6. The number of halogens is 1. The first-order chi connectivity index (χ1) is 9.20. The summed E-state index contributed by atoms with van der Waals surface area (Å²) in [7, 11) is -4.39. The molecule has 1 aromatic carbocycles. The number of benzene rings is 1. The van der Waals surface area contributed by atoms with E-state index in [4.69, 9.17) is 5.11 Å². The Hall–Kier alpha value is -2.07. The predicted octanol–water partition coefficient (Wildman–Crippen LogP) is 0.829. The third-order valence-corrected chi connectivity index (χ3v) is 4.37. The molecule has 0 amide bonds. The third-order valence-electron chi connectivity index (χ3n) is 2.40. The van der Waals surface area contributed by atoms with Gasteiger partial charge in [-0.3, -0.25) is 14.9 Å². The smallest absolute Gasteiger partial charge is 0.318 e. The molecule has 0 fully saturated rings. The maximum atomic E-state index is 13.0. The van der Waals surface area contributed by atoms with E-state index in [1.165, 1.54) is 6.92 Å². The molecule has 0 radical (unpaired) electrons. The van der Waals surface area contributed by atoms with Gasteiger partial charge < -0.3 is 5.11 Å². The number of nitro groups is 1. The van der Waals surface area contributed by atoms with Gasteiger partial charge in [0.1, 0.15) is 12.4 Å².